The molecule has 0 unspecified atom stereocenters. The van der Waals surface area contributed by atoms with Gasteiger partial charge in [0.2, 0.25) is 28.3 Å². The van der Waals surface area contributed by atoms with Gasteiger partial charge in [0.05, 0.1) is 67.6 Å². The number of pyridine rings is 3. The molecule has 0 saturated carbocycles. The van der Waals surface area contributed by atoms with Gasteiger partial charge in [-0.3, -0.25) is 37.7 Å². The van der Waals surface area contributed by atoms with Crippen LogP contribution in [-0.4, -0.2) is 60.9 Å². The molecule has 0 bridgehead atoms. The quantitative estimate of drug-likeness (QED) is 0.0416. The number of aromatic nitrogens is 9. The fraction of sp³-hybridized carbons (Fsp3) is 0.119. The second kappa shape index (κ2) is 32.9. The Bertz CT molecular complexity index is 4760. The summed E-state index contributed by atoms with van der Waals surface area (Å²) in [5.41, 5.74) is 21.9. The van der Waals surface area contributed by atoms with E-state index in [2.05, 4.69) is 51.2 Å². The van der Waals surface area contributed by atoms with Crippen molar-refractivity contribution in [3.63, 3.8) is 0 Å². The average molecular weight is 1420 g/mol. The second-order valence-corrected chi connectivity index (χ2v) is 23.2. The first-order valence-electron chi connectivity index (χ1n) is 28.6. The summed E-state index contributed by atoms with van der Waals surface area (Å²) in [7, 11) is 0. The maximum atomic E-state index is 13.5. The Labute approximate surface area is 579 Å². The van der Waals surface area contributed by atoms with E-state index in [0.29, 0.717) is 82.7 Å². The molecule has 23 nitrogen and oxygen atoms in total. The minimum atomic E-state index is -0.398. The van der Waals surface area contributed by atoms with Gasteiger partial charge >= 0.3 is 0 Å². The number of nitrogens with one attached hydrogen (secondary N) is 4. The number of hydrogen-bond acceptors (Lipinski definition) is 17. The molecule has 29 heteroatoms. The van der Waals surface area contributed by atoms with Gasteiger partial charge in [0, 0.05) is 54.0 Å². The summed E-state index contributed by atoms with van der Waals surface area (Å²) in [6.07, 6.45) is 4.22. The number of hydrogen-bond donors (Lipinski definition) is 8. The monoisotopic (exact) mass is 1410 g/mol. The van der Waals surface area contributed by atoms with Crippen molar-refractivity contribution in [2.75, 3.05) is 32.7 Å². The van der Waals surface area contributed by atoms with Crippen molar-refractivity contribution in [3.05, 3.63) is 261 Å². The van der Waals surface area contributed by atoms with Crippen LogP contribution < -0.4 is 61.3 Å². The minimum Gasteiger partial charge on any atom is -0.412 e. The Morgan fingerprint density at radius 1 is 0.458 bits per heavy atom. The first-order chi connectivity index (χ1) is 45.0. The number of anilines is 6. The molecule has 2 amide bonds. The van der Waals surface area contributed by atoms with Crippen LogP contribution in [0, 0.1) is 0 Å². The van der Waals surface area contributed by atoms with E-state index in [1.54, 1.807) is 44.0 Å². The van der Waals surface area contributed by atoms with E-state index in [4.69, 9.17) is 86.8 Å². The summed E-state index contributed by atoms with van der Waals surface area (Å²) in [6.45, 7) is 8.43. The molecule has 0 radical (unpaired) electrons. The zero-order valence-electron chi connectivity index (χ0n) is 51.8. The molecule has 12 rings (SSSR count). The molecule has 0 fully saturated rings. The summed E-state index contributed by atoms with van der Waals surface area (Å²) in [5, 5.41) is 17.1. The van der Waals surface area contributed by atoms with Crippen molar-refractivity contribution >= 4 is 148 Å². The van der Waals surface area contributed by atoms with E-state index >= 15 is 0 Å². The van der Waals surface area contributed by atoms with Gasteiger partial charge in [0.1, 0.15) is 11.4 Å². The van der Waals surface area contributed by atoms with E-state index < -0.39 is 12.1 Å². The Hall–Kier alpha value is -10.1. The molecule has 0 spiro atoms. The molecule has 6 aromatic carbocycles. The number of halogens is 6. The predicted octanol–water partition coefficient (Wildman–Crippen LogP) is 13.7. The molecular formula is C67H63Cl6N17O6. The first kappa shape index (κ1) is 73.4. The SMILES string of the molecule is CC(=O)Nc1cnc(Cl)nc1N[C@@H](C)c1cc2cccc(Cl)c2c(=O)n1-c1ccccc1.CC(=O)Nc1cnc(N)nc1N[C@@H](C)c1cc2cccc(Cl)c2c(=O)n1-c1ccccc1.C[C@H](N)c1cc2cccc(Cl)c2c(=O)n1-c1ccccc1.N.Nc1cnc(Cl)nc1Cl.O. The molecule has 494 valence electrons. The topological polar surface area (TPSA) is 370 Å². The molecular weight excluding hydrogens is 1350 g/mol. The van der Waals surface area contributed by atoms with Gasteiger partial charge in [-0.1, -0.05) is 137 Å². The summed E-state index contributed by atoms with van der Waals surface area (Å²) in [4.78, 5) is 86.6. The maximum absolute atomic E-state index is 13.5. The van der Waals surface area contributed by atoms with Crippen LogP contribution in [0.25, 0.3) is 49.4 Å². The van der Waals surface area contributed by atoms with Gasteiger partial charge in [-0.2, -0.15) is 9.97 Å². The summed E-state index contributed by atoms with van der Waals surface area (Å²) in [5.74, 6) is 0.202. The lowest BCUT2D eigenvalue weighted by Crippen LogP contribution is -2.26. The van der Waals surface area contributed by atoms with Crippen molar-refractivity contribution in [3.8, 4) is 17.1 Å². The number of benzene rings is 6. The molecule has 96 heavy (non-hydrogen) atoms. The highest BCUT2D eigenvalue weighted by molar-refractivity contribution is 6.36. The van der Waals surface area contributed by atoms with Crippen LogP contribution in [0.15, 0.2) is 197 Å². The number of carbonyl (C=O) groups is 2. The number of amides is 2. The van der Waals surface area contributed by atoms with Gasteiger partial charge in [-0.15, -0.1) is 0 Å². The highest BCUT2D eigenvalue weighted by Crippen LogP contribution is 2.32. The summed E-state index contributed by atoms with van der Waals surface area (Å²) in [6, 6.07) is 48.9. The number of carbonyl (C=O) groups excluding carboxylic acids is 2. The smallest absolute Gasteiger partial charge is 0.264 e. The highest BCUT2D eigenvalue weighted by atomic mass is 35.5. The van der Waals surface area contributed by atoms with Crippen LogP contribution in [0.4, 0.5) is 34.6 Å². The lowest BCUT2D eigenvalue weighted by atomic mass is 10.1. The molecule has 0 saturated heterocycles. The predicted molar refractivity (Wildman–Crippen MR) is 388 cm³/mol. The van der Waals surface area contributed by atoms with Gasteiger partial charge in [-0.25, -0.2) is 19.9 Å². The third-order valence-electron chi connectivity index (χ3n) is 14.1. The molecule has 3 atom stereocenters. The van der Waals surface area contributed by atoms with E-state index in [9.17, 15) is 24.0 Å². The molecule has 0 aliphatic rings. The number of rotatable bonds is 12. The average Bonchev–Trinajstić information content (AvgIpc) is 0.777. The van der Waals surface area contributed by atoms with Crippen molar-refractivity contribution < 1.29 is 15.1 Å². The van der Waals surface area contributed by atoms with Crippen molar-refractivity contribution in [2.45, 2.75) is 52.7 Å². The summed E-state index contributed by atoms with van der Waals surface area (Å²) >= 11 is 35.7. The van der Waals surface area contributed by atoms with Gasteiger partial charge in [0.25, 0.3) is 16.7 Å². The number of nitrogens with two attached hydrogens (primary N) is 3. The van der Waals surface area contributed by atoms with Crippen molar-refractivity contribution in [1.29, 1.82) is 0 Å². The van der Waals surface area contributed by atoms with E-state index in [-0.39, 0.29) is 67.8 Å². The Kier molecular flexibility index (Phi) is 25.1. The van der Waals surface area contributed by atoms with E-state index in [0.717, 1.165) is 27.5 Å². The van der Waals surface area contributed by atoms with Crippen LogP contribution in [0.5, 0.6) is 0 Å². The van der Waals surface area contributed by atoms with Crippen LogP contribution in [0.1, 0.15) is 69.8 Å². The minimum absolute atomic E-state index is 0. The second-order valence-electron chi connectivity index (χ2n) is 20.9. The fourth-order valence-corrected chi connectivity index (χ4v) is 11.2. The molecule has 6 aromatic heterocycles. The van der Waals surface area contributed by atoms with Crippen LogP contribution in [0.3, 0.4) is 0 Å². The standard InChI is InChI=1S/C23H19Cl2N5O2.C23H21ClN6O2.C17H15ClN2O.C4H3Cl2N3.H3N.H2O/c2*1-13(27-21-18(28-14(2)31)12-26-23(25)29-21)19-11-15-7-6-10-17(24)20(15)22(32)30(19)16-8-4-3-5-9-16;1-11(19)15-10-12-6-5-9-14(18)16(12)17(21)20(15)13-7-3-2-4-8-13;5-3-2(7)1-8-4(6)9-3;;/h3-13H,1-2H3,(H,28,31)(H,26,27,29);3-13H,1-2H3,(H,28,31)(H3,25,26,27,29);2-11H,19H2,1H3;1H,7H2;1H3;1H2/t2*13-;11-;;;/m000.../s1. The Balaban J connectivity index is 0.000000192. The first-order valence-corrected chi connectivity index (χ1v) is 30.9. The third-order valence-corrected chi connectivity index (χ3v) is 15.7. The lowest BCUT2D eigenvalue weighted by Gasteiger charge is -2.22. The van der Waals surface area contributed by atoms with Crippen LogP contribution in [-0.2, 0) is 9.59 Å². The van der Waals surface area contributed by atoms with Crippen LogP contribution >= 0.6 is 69.6 Å². The Morgan fingerprint density at radius 3 is 1.17 bits per heavy atom. The third kappa shape index (κ3) is 17.3. The maximum Gasteiger partial charge on any atom is 0.264 e. The molecule has 0 aliphatic carbocycles. The highest BCUT2D eigenvalue weighted by Gasteiger charge is 2.23. The number of nitrogen functional groups attached to an aromatic ring is 2. The number of fused-ring (bicyclic) bond motifs is 3. The largest absolute Gasteiger partial charge is 0.412 e. The van der Waals surface area contributed by atoms with Crippen molar-refractivity contribution in [1.82, 2.24) is 49.8 Å². The Morgan fingerprint density at radius 2 is 0.802 bits per heavy atom. The lowest BCUT2D eigenvalue weighted by molar-refractivity contribution is -0.115. The molecule has 6 heterocycles. The number of nitrogens with zero attached hydrogens (tertiary/aromatic N) is 9. The van der Waals surface area contributed by atoms with E-state index in [1.807, 2.05) is 154 Å². The van der Waals surface area contributed by atoms with Crippen molar-refractivity contribution in [2.24, 2.45) is 5.73 Å². The van der Waals surface area contributed by atoms with Gasteiger partial charge < -0.3 is 50.1 Å². The zero-order valence-corrected chi connectivity index (χ0v) is 56.4. The molecule has 0 aliphatic heterocycles. The molecule has 12 aromatic rings. The zero-order chi connectivity index (χ0) is 67.5. The number of para-hydroxylation sites is 3. The normalized spacial score (nSPS) is 11.5. The fourth-order valence-electron chi connectivity index (χ4n) is 9.97. The molecule has 15 N–H and O–H groups in total. The van der Waals surface area contributed by atoms with Gasteiger partial charge in [0.15, 0.2) is 16.8 Å². The van der Waals surface area contributed by atoms with Crippen LogP contribution in [0.2, 0.25) is 30.8 Å². The summed E-state index contributed by atoms with van der Waals surface area (Å²) < 4.78 is 4.88. The van der Waals surface area contributed by atoms with E-state index in [1.165, 1.54) is 32.4 Å². The van der Waals surface area contributed by atoms with Gasteiger partial charge in [-0.05, 0) is 133 Å².